The molecule has 18 heavy (non-hydrogen) atoms. The summed E-state index contributed by atoms with van der Waals surface area (Å²) in [6.07, 6.45) is -0.0553. The summed E-state index contributed by atoms with van der Waals surface area (Å²) in [5, 5.41) is 19.9. The number of phenolic OH excluding ortho intramolecular Hbond substituents is 1. The lowest BCUT2D eigenvalue weighted by Crippen LogP contribution is -2.29. The van der Waals surface area contributed by atoms with E-state index in [0.29, 0.717) is 21.7 Å². The van der Waals surface area contributed by atoms with Crippen LogP contribution in [0.3, 0.4) is 0 Å². The van der Waals surface area contributed by atoms with Crippen LogP contribution < -0.4 is 10.5 Å². The number of ether oxygens (including phenoxy) is 1. The van der Waals surface area contributed by atoms with Crippen LogP contribution in [0.1, 0.15) is 31.9 Å². The highest BCUT2D eigenvalue weighted by Crippen LogP contribution is 2.37. The van der Waals surface area contributed by atoms with Gasteiger partial charge in [-0.05, 0) is 46.0 Å². The molecule has 1 aromatic carbocycles. The fraction of sp³-hybridized carbons (Fsp3) is 0.538. The predicted molar refractivity (Wildman–Crippen MR) is 74.7 cm³/mol. The van der Waals surface area contributed by atoms with E-state index in [-0.39, 0.29) is 11.8 Å². The Morgan fingerprint density at radius 1 is 1.39 bits per heavy atom. The fourth-order valence-corrected chi connectivity index (χ4v) is 2.30. The fourth-order valence-electron chi connectivity index (χ4n) is 1.84. The van der Waals surface area contributed by atoms with E-state index in [1.54, 1.807) is 12.1 Å². The second kappa shape index (κ2) is 6.41. The lowest BCUT2D eigenvalue weighted by atomic mass is 9.95. The summed E-state index contributed by atoms with van der Waals surface area (Å²) < 4.78 is 5.52. The van der Waals surface area contributed by atoms with Crippen molar-refractivity contribution < 1.29 is 14.9 Å². The largest absolute Gasteiger partial charge is 0.503 e. The van der Waals surface area contributed by atoms with Gasteiger partial charge in [0.25, 0.3) is 0 Å². The first-order valence-corrected chi connectivity index (χ1v) is 6.66. The van der Waals surface area contributed by atoms with Crippen molar-refractivity contribution in [1.82, 2.24) is 0 Å². The molecular weight excluding hydrogens is 298 g/mol. The van der Waals surface area contributed by atoms with Gasteiger partial charge in [0, 0.05) is 6.04 Å². The molecule has 4 nitrogen and oxygen atoms in total. The number of phenols is 1. The van der Waals surface area contributed by atoms with Gasteiger partial charge < -0.3 is 20.7 Å². The number of hydrogen-bond donors (Lipinski definition) is 3. The minimum Gasteiger partial charge on any atom is -0.503 e. The van der Waals surface area contributed by atoms with E-state index < -0.39 is 6.10 Å². The average molecular weight is 318 g/mol. The Labute approximate surface area is 116 Å². The van der Waals surface area contributed by atoms with E-state index in [9.17, 15) is 10.2 Å². The first-order chi connectivity index (χ1) is 8.36. The van der Waals surface area contributed by atoms with Crippen molar-refractivity contribution in [2.75, 3.05) is 7.11 Å². The van der Waals surface area contributed by atoms with Gasteiger partial charge in [0.1, 0.15) is 0 Å². The average Bonchev–Trinajstić information content (AvgIpc) is 2.30. The molecule has 0 radical (unpaired) electrons. The number of halogens is 1. The highest BCUT2D eigenvalue weighted by molar-refractivity contribution is 9.10. The Morgan fingerprint density at radius 2 is 2.00 bits per heavy atom. The second-order valence-electron chi connectivity index (χ2n) is 4.79. The zero-order chi connectivity index (χ0) is 13.9. The number of hydrogen-bond acceptors (Lipinski definition) is 4. The molecule has 0 aliphatic rings. The van der Waals surface area contributed by atoms with Gasteiger partial charge in [0.05, 0.1) is 17.7 Å². The van der Waals surface area contributed by atoms with Gasteiger partial charge in [0.2, 0.25) is 0 Å². The van der Waals surface area contributed by atoms with E-state index in [2.05, 4.69) is 29.8 Å². The van der Waals surface area contributed by atoms with Crippen LogP contribution >= 0.6 is 15.9 Å². The van der Waals surface area contributed by atoms with Crippen LogP contribution in [-0.4, -0.2) is 23.4 Å². The van der Waals surface area contributed by atoms with Gasteiger partial charge in [-0.1, -0.05) is 13.8 Å². The maximum atomic E-state index is 10.2. The van der Waals surface area contributed by atoms with Crippen molar-refractivity contribution in [3.8, 4) is 11.5 Å². The summed E-state index contributed by atoms with van der Waals surface area (Å²) in [7, 11) is 1.46. The number of aliphatic hydroxyl groups is 1. The molecule has 4 N–H and O–H groups in total. The molecule has 0 aromatic heterocycles. The van der Waals surface area contributed by atoms with Gasteiger partial charge in [0.15, 0.2) is 11.5 Å². The summed E-state index contributed by atoms with van der Waals surface area (Å²) in [5.74, 6) is 0.748. The lowest BCUT2D eigenvalue weighted by molar-refractivity contribution is 0.135. The van der Waals surface area contributed by atoms with Gasteiger partial charge in [-0.2, -0.15) is 0 Å². The molecule has 0 amide bonds. The monoisotopic (exact) mass is 317 g/mol. The topological polar surface area (TPSA) is 75.7 Å². The van der Waals surface area contributed by atoms with Crippen molar-refractivity contribution in [3.05, 3.63) is 22.2 Å². The quantitative estimate of drug-likeness (QED) is 0.780. The Kier molecular flexibility index (Phi) is 5.44. The van der Waals surface area contributed by atoms with E-state index in [0.717, 1.165) is 6.42 Å². The minimum absolute atomic E-state index is 0.0193. The van der Waals surface area contributed by atoms with Gasteiger partial charge in [-0.25, -0.2) is 0 Å². The third-order valence-corrected chi connectivity index (χ3v) is 3.37. The van der Waals surface area contributed by atoms with Crippen LogP contribution in [0.15, 0.2) is 16.6 Å². The molecule has 0 saturated carbocycles. The normalized spacial score (nSPS) is 14.6. The summed E-state index contributed by atoms with van der Waals surface area (Å²) in [6, 6.07) is 2.92. The minimum atomic E-state index is -0.779. The molecule has 102 valence electrons. The molecule has 0 aliphatic heterocycles. The summed E-state index contributed by atoms with van der Waals surface area (Å²) >= 11 is 3.22. The van der Waals surface area contributed by atoms with Crippen molar-refractivity contribution in [2.24, 2.45) is 11.7 Å². The number of benzene rings is 1. The third-order valence-electron chi connectivity index (χ3n) is 2.76. The number of rotatable bonds is 5. The van der Waals surface area contributed by atoms with Crippen molar-refractivity contribution in [2.45, 2.75) is 32.4 Å². The van der Waals surface area contributed by atoms with Crippen molar-refractivity contribution >= 4 is 15.9 Å². The molecule has 1 aromatic rings. The van der Waals surface area contributed by atoms with Crippen LogP contribution in [0.2, 0.25) is 0 Å². The lowest BCUT2D eigenvalue weighted by Gasteiger charge is -2.21. The van der Waals surface area contributed by atoms with Crippen LogP contribution in [0.25, 0.3) is 0 Å². The second-order valence-corrected chi connectivity index (χ2v) is 5.65. The zero-order valence-electron chi connectivity index (χ0n) is 10.9. The molecule has 5 heteroatoms. The van der Waals surface area contributed by atoms with E-state index in [1.165, 1.54) is 7.11 Å². The van der Waals surface area contributed by atoms with Gasteiger partial charge >= 0.3 is 0 Å². The standard InChI is InChI=1S/C13H20BrNO3/c1-7(2)4-10(15)12(16)8-5-9(14)13(17)11(6-8)18-3/h5-7,10,12,16-17H,4,15H2,1-3H3. The van der Waals surface area contributed by atoms with Gasteiger partial charge in [-0.3, -0.25) is 0 Å². The first kappa shape index (κ1) is 15.3. The number of methoxy groups -OCH3 is 1. The smallest absolute Gasteiger partial charge is 0.172 e. The van der Waals surface area contributed by atoms with E-state index in [4.69, 9.17) is 10.5 Å². The summed E-state index contributed by atoms with van der Waals surface area (Å²) in [6.45, 7) is 4.11. The Balaban J connectivity index is 2.99. The maximum absolute atomic E-state index is 10.2. The van der Waals surface area contributed by atoms with Crippen LogP contribution in [0.4, 0.5) is 0 Å². The number of aliphatic hydroxyl groups excluding tert-OH is 1. The Bertz CT molecular complexity index is 409. The van der Waals surface area contributed by atoms with Crippen LogP contribution in [-0.2, 0) is 0 Å². The van der Waals surface area contributed by atoms with Crippen molar-refractivity contribution in [1.29, 1.82) is 0 Å². The number of nitrogens with two attached hydrogens (primary N) is 1. The molecule has 0 saturated heterocycles. The molecule has 0 bridgehead atoms. The molecule has 0 fully saturated rings. The van der Waals surface area contributed by atoms with Gasteiger partial charge in [-0.15, -0.1) is 0 Å². The molecule has 0 aliphatic carbocycles. The number of aromatic hydroxyl groups is 1. The SMILES string of the molecule is COc1cc(C(O)C(N)CC(C)C)cc(Br)c1O. The van der Waals surface area contributed by atoms with Crippen LogP contribution in [0.5, 0.6) is 11.5 Å². The summed E-state index contributed by atoms with van der Waals surface area (Å²) in [4.78, 5) is 0. The Morgan fingerprint density at radius 3 is 2.50 bits per heavy atom. The molecular formula is C13H20BrNO3. The molecule has 0 spiro atoms. The summed E-state index contributed by atoms with van der Waals surface area (Å²) in [5.41, 5.74) is 6.59. The van der Waals surface area contributed by atoms with E-state index >= 15 is 0 Å². The maximum Gasteiger partial charge on any atom is 0.172 e. The molecule has 0 heterocycles. The molecule has 2 unspecified atom stereocenters. The molecule has 2 atom stereocenters. The van der Waals surface area contributed by atoms with Crippen molar-refractivity contribution in [3.63, 3.8) is 0 Å². The van der Waals surface area contributed by atoms with Crippen LogP contribution in [0, 0.1) is 5.92 Å². The third kappa shape index (κ3) is 3.60. The Hall–Kier alpha value is -0.780. The highest BCUT2D eigenvalue weighted by Gasteiger charge is 2.20. The zero-order valence-corrected chi connectivity index (χ0v) is 12.4. The first-order valence-electron chi connectivity index (χ1n) is 5.86. The van der Waals surface area contributed by atoms with E-state index in [1.807, 2.05) is 0 Å². The highest BCUT2D eigenvalue weighted by atomic mass is 79.9. The molecule has 1 rings (SSSR count). The predicted octanol–water partition coefficient (Wildman–Crippen LogP) is 2.57.